The van der Waals surface area contributed by atoms with Crippen molar-refractivity contribution in [2.45, 2.75) is 19.4 Å². The molecule has 0 saturated heterocycles. The zero-order valence-electron chi connectivity index (χ0n) is 12.6. The van der Waals surface area contributed by atoms with Gasteiger partial charge in [-0.05, 0) is 24.5 Å². The molecule has 0 radical (unpaired) electrons. The van der Waals surface area contributed by atoms with Gasteiger partial charge in [-0.25, -0.2) is 4.79 Å². The fourth-order valence-corrected chi connectivity index (χ4v) is 2.16. The van der Waals surface area contributed by atoms with Gasteiger partial charge in [0.25, 0.3) is 0 Å². The van der Waals surface area contributed by atoms with Gasteiger partial charge in [0, 0.05) is 0 Å². The van der Waals surface area contributed by atoms with E-state index in [1.807, 2.05) is 67.6 Å². The first kappa shape index (κ1) is 16.2. The Hall–Kier alpha value is -2.17. The lowest BCUT2D eigenvalue weighted by Gasteiger charge is -2.17. The summed E-state index contributed by atoms with van der Waals surface area (Å²) in [5.41, 5.74) is 4.76. The molecule has 4 heteroatoms. The first-order chi connectivity index (χ1) is 10.7. The van der Waals surface area contributed by atoms with Crippen LogP contribution in [0, 0.1) is 5.92 Å². The third-order valence-corrected chi connectivity index (χ3v) is 3.51. The summed E-state index contributed by atoms with van der Waals surface area (Å²) in [5, 5.41) is 9.41. The molecule has 0 fully saturated rings. The first-order valence-electron chi connectivity index (χ1n) is 7.36. The number of rotatable bonds is 7. The van der Waals surface area contributed by atoms with E-state index in [1.165, 1.54) is 0 Å². The predicted octanol–water partition coefficient (Wildman–Crippen LogP) is 2.65. The highest BCUT2D eigenvalue weighted by molar-refractivity contribution is 5.72. The van der Waals surface area contributed by atoms with Crippen molar-refractivity contribution in [3.05, 3.63) is 71.8 Å². The molecule has 0 aliphatic rings. The van der Waals surface area contributed by atoms with Crippen molar-refractivity contribution in [2.75, 3.05) is 6.61 Å². The summed E-state index contributed by atoms with van der Waals surface area (Å²) in [6.45, 7) is 1.67. The molecule has 2 aromatic rings. The smallest absolute Gasteiger partial charge is 0.330 e. The Morgan fingerprint density at radius 1 is 1.09 bits per heavy atom. The second-order valence-corrected chi connectivity index (χ2v) is 5.24. The Morgan fingerprint density at radius 3 is 2.27 bits per heavy atom. The Balaban J connectivity index is 1.87. The van der Waals surface area contributed by atoms with Crippen molar-refractivity contribution in [3.63, 3.8) is 0 Å². The number of carbonyl (C=O) groups excluding carboxylic acids is 1. The van der Waals surface area contributed by atoms with Gasteiger partial charge in [-0.15, -0.1) is 5.48 Å². The van der Waals surface area contributed by atoms with Gasteiger partial charge in [-0.3, -0.25) is 0 Å². The topological polar surface area (TPSA) is 58.6 Å². The van der Waals surface area contributed by atoms with Crippen LogP contribution in [0.2, 0.25) is 0 Å². The van der Waals surface area contributed by atoms with Gasteiger partial charge in [0.15, 0.2) is 0 Å². The maximum atomic E-state index is 12.1. The maximum Gasteiger partial charge on any atom is 0.330 e. The largest absolute Gasteiger partial charge is 0.395 e. The molecular formula is C18H21NO3. The number of benzene rings is 2. The van der Waals surface area contributed by atoms with E-state index >= 15 is 0 Å². The summed E-state index contributed by atoms with van der Waals surface area (Å²) in [4.78, 5) is 17.2. The predicted molar refractivity (Wildman–Crippen MR) is 84.8 cm³/mol. The Kier molecular flexibility index (Phi) is 6.13. The lowest BCUT2D eigenvalue weighted by atomic mass is 10.0. The molecule has 2 unspecified atom stereocenters. The second-order valence-electron chi connectivity index (χ2n) is 5.24. The summed E-state index contributed by atoms with van der Waals surface area (Å²) in [6.07, 6.45) is 0.456. The molecule has 116 valence electrons. The Morgan fingerprint density at radius 2 is 1.68 bits per heavy atom. The lowest BCUT2D eigenvalue weighted by Crippen LogP contribution is -2.30. The quantitative estimate of drug-likeness (QED) is 0.772. The second kappa shape index (κ2) is 8.32. The number of aliphatic hydroxyl groups excluding tert-OH is 1. The molecule has 0 spiro atoms. The minimum atomic E-state index is -0.571. The number of hydrogen-bond acceptors (Lipinski definition) is 4. The number of carbonyl (C=O) groups is 1. The zero-order valence-corrected chi connectivity index (χ0v) is 12.6. The molecule has 0 saturated carbocycles. The van der Waals surface area contributed by atoms with Gasteiger partial charge >= 0.3 is 5.97 Å². The molecule has 0 aromatic heterocycles. The van der Waals surface area contributed by atoms with Crippen molar-refractivity contribution in [3.8, 4) is 0 Å². The highest BCUT2D eigenvalue weighted by Crippen LogP contribution is 2.13. The molecule has 0 amide bonds. The van der Waals surface area contributed by atoms with Crippen LogP contribution >= 0.6 is 0 Å². The lowest BCUT2D eigenvalue weighted by molar-refractivity contribution is -0.159. The third kappa shape index (κ3) is 4.69. The van der Waals surface area contributed by atoms with Crippen molar-refractivity contribution in [1.29, 1.82) is 0 Å². The molecule has 4 nitrogen and oxygen atoms in total. The van der Waals surface area contributed by atoms with Gasteiger partial charge in [-0.1, -0.05) is 60.7 Å². The van der Waals surface area contributed by atoms with Crippen LogP contribution in [0.1, 0.15) is 24.1 Å². The van der Waals surface area contributed by atoms with E-state index in [0.717, 1.165) is 11.1 Å². The van der Waals surface area contributed by atoms with E-state index in [9.17, 15) is 9.90 Å². The molecular weight excluding hydrogens is 278 g/mol. The first-order valence-corrected chi connectivity index (χ1v) is 7.36. The van der Waals surface area contributed by atoms with Crippen LogP contribution in [0.3, 0.4) is 0 Å². The monoisotopic (exact) mass is 299 g/mol. The highest BCUT2D eigenvalue weighted by atomic mass is 16.7. The van der Waals surface area contributed by atoms with E-state index < -0.39 is 11.9 Å². The zero-order chi connectivity index (χ0) is 15.8. The average Bonchev–Trinajstić information content (AvgIpc) is 2.59. The van der Waals surface area contributed by atoms with Crippen LogP contribution in [0.15, 0.2) is 60.7 Å². The minimum Gasteiger partial charge on any atom is -0.395 e. The van der Waals surface area contributed by atoms with Gasteiger partial charge in [0.1, 0.15) is 0 Å². The highest BCUT2D eigenvalue weighted by Gasteiger charge is 2.21. The molecule has 2 atom stereocenters. The van der Waals surface area contributed by atoms with Crippen LogP contribution in [0.5, 0.6) is 0 Å². The fourth-order valence-electron chi connectivity index (χ4n) is 2.16. The van der Waals surface area contributed by atoms with Crippen molar-refractivity contribution in [1.82, 2.24) is 5.48 Å². The van der Waals surface area contributed by atoms with E-state index in [0.29, 0.717) is 6.42 Å². The summed E-state index contributed by atoms with van der Waals surface area (Å²) < 4.78 is 0. The number of hydrogen-bond donors (Lipinski definition) is 2. The molecule has 22 heavy (non-hydrogen) atoms. The number of nitrogens with one attached hydrogen (secondary N) is 1. The molecule has 0 aliphatic carbocycles. The maximum absolute atomic E-state index is 12.1. The standard InChI is InChI=1S/C18H21NO3/c1-14(16-10-6-3-7-11-16)19-22-18(21)17(13-20)12-15-8-4-2-5-9-15/h2-11,14,17,19-20H,12-13H2,1H3. The molecule has 0 heterocycles. The molecule has 0 aliphatic heterocycles. The van der Waals surface area contributed by atoms with Crippen LogP contribution < -0.4 is 5.48 Å². The van der Waals surface area contributed by atoms with E-state index in [2.05, 4.69) is 5.48 Å². The van der Waals surface area contributed by atoms with Crippen LogP contribution in [-0.2, 0) is 16.1 Å². The van der Waals surface area contributed by atoms with Crippen LogP contribution in [-0.4, -0.2) is 17.7 Å². The fraction of sp³-hybridized carbons (Fsp3) is 0.278. The number of hydroxylamine groups is 1. The average molecular weight is 299 g/mol. The number of aliphatic hydroxyl groups is 1. The minimum absolute atomic E-state index is 0.110. The van der Waals surface area contributed by atoms with Gasteiger partial charge in [0.05, 0.1) is 18.6 Å². The van der Waals surface area contributed by atoms with Crippen molar-refractivity contribution >= 4 is 5.97 Å². The summed E-state index contributed by atoms with van der Waals surface area (Å²) in [6, 6.07) is 19.2. The van der Waals surface area contributed by atoms with Crippen LogP contribution in [0.25, 0.3) is 0 Å². The van der Waals surface area contributed by atoms with E-state index in [1.54, 1.807) is 0 Å². The van der Waals surface area contributed by atoms with Gasteiger partial charge in [0.2, 0.25) is 0 Å². The van der Waals surface area contributed by atoms with Crippen LogP contribution in [0.4, 0.5) is 0 Å². The van der Waals surface area contributed by atoms with E-state index in [-0.39, 0.29) is 12.6 Å². The third-order valence-electron chi connectivity index (χ3n) is 3.51. The van der Waals surface area contributed by atoms with E-state index in [4.69, 9.17) is 4.84 Å². The molecule has 2 N–H and O–H groups in total. The summed E-state index contributed by atoms with van der Waals surface area (Å²) >= 11 is 0. The Bertz CT molecular complexity index is 571. The molecule has 2 aromatic carbocycles. The van der Waals surface area contributed by atoms with Gasteiger partial charge < -0.3 is 9.94 Å². The summed E-state index contributed by atoms with van der Waals surface area (Å²) in [7, 11) is 0. The Labute approximate surface area is 130 Å². The SMILES string of the molecule is CC(NOC(=O)C(CO)Cc1ccccc1)c1ccccc1. The van der Waals surface area contributed by atoms with Gasteiger partial charge in [-0.2, -0.15) is 0 Å². The summed E-state index contributed by atoms with van der Waals surface area (Å²) in [5.74, 6) is -1.02. The van der Waals surface area contributed by atoms with Crippen molar-refractivity contribution in [2.24, 2.45) is 5.92 Å². The molecule has 2 rings (SSSR count). The van der Waals surface area contributed by atoms with Crippen molar-refractivity contribution < 1.29 is 14.7 Å². The normalized spacial score (nSPS) is 13.4. The molecule has 0 bridgehead atoms.